The first-order valence-electron chi connectivity index (χ1n) is 16.4. The molecule has 0 spiro atoms. The number of nitrogens with zero attached hydrogens (tertiary/aromatic N) is 1. The van der Waals surface area contributed by atoms with Crippen molar-refractivity contribution in [3.8, 4) is 0 Å². The summed E-state index contributed by atoms with van der Waals surface area (Å²) in [5.74, 6) is 1.54. The standard InChI is InChI=1S/C20H26N2OS.C20H26N2O/c1-22(20(23)19(21)13-14-24-2)15-18(16-9-5-3-6-10-16)17-11-7-4-8-12-17;1-15(2)13-19(21)20(23)22-14-18(16-9-5-3-6-10-16)17-11-7-4-8-12-17/h3-12,18-19H,13-15,21H2,1-2H3;3-12,15,18-19H,13-14,21H2,1-2H3,(H,22,23)/t2*19-/m00/s1. The summed E-state index contributed by atoms with van der Waals surface area (Å²) in [6.07, 6.45) is 3.45. The van der Waals surface area contributed by atoms with Crippen LogP contribution in [0.5, 0.6) is 0 Å². The van der Waals surface area contributed by atoms with Crippen molar-refractivity contribution in [3.63, 3.8) is 0 Å². The van der Waals surface area contributed by atoms with E-state index in [0.29, 0.717) is 31.8 Å². The number of likely N-dealkylation sites (N-methyl/N-ethyl adjacent to an activating group) is 1. The van der Waals surface area contributed by atoms with Crippen molar-refractivity contribution in [2.75, 3.05) is 32.1 Å². The van der Waals surface area contributed by atoms with Crippen LogP contribution in [-0.2, 0) is 9.59 Å². The van der Waals surface area contributed by atoms with Gasteiger partial charge in [-0.25, -0.2) is 0 Å². The van der Waals surface area contributed by atoms with E-state index in [1.165, 1.54) is 22.3 Å². The summed E-state index contributed by atoms with van der Waals surface area (Å²) in [5.41, 5.74) is 16.8. The molecule has 0 bridgehead atoms. The molecule has 0 aliphatic heterocycles. The number of rotatable bonds is 15. The Kier molecular flexibility index (Phi) is 16.3. The molecule has 4 aromatic carbocycles. The van der Waals surface area contributed by atoms with Crippen LogP contribution in [0.15, 0.2) is 121 Å². The Balaban J connectivity index is 0.000000256. The van der Waals surface area contributed by atoms with Gasteiger partial charge in [-0.1, -0.05) is 135 Å². The molecular formula is C40H52N4O2S. The third kappa shape index (κ3) is 12.7. The van der Waals surface area contributed by atoms with Crippen LogP contribution in [0.1, 0.15) is 60.8 Å². The Labute approximate surface area is 286 Å². The molecule has 4 aromatic rings. The summed E-state index contributed by atoms with van der Waals surface area (Å²) < 4.78 is 0. The van der Waals surface area contributed by atoms with E-state index >= 15 is 0 Å². The predicted octanol–water partition coefficient (Wildman–Crippen LogP) is 6.67. The third-order valence-electron chi connectivity index (χ3n) is 8.13. The van der Waals surface area contributed by atoms with Crippen LogP contribution in [0.25, 0.3) is 0 Å². The number of nitrogens with two attached hydrogens (primary N) is 2. The zero-order chi connectivity index (χ0) is 34.0. The lowest BCUT2D eigenvalue weighted by molar-refractivity contribution is -0.131. The average molecular weight is 653 g/mol. The Morgan fingerprint density at radius 2 is 1.09 bits per heavy atom. The molecule has 6 nitrogen and oxygen atoms in total. The fourth-order valence-electron chi connectivity index (χ4n) is 5.54. The number of hydrogen-bond donors (Lipinski definition) is 3. The van der Waals surface area contributed by atoms with Crippen LogP contribution in [0.4, 0.5) is 0 Å². The van der Waals surface area contributed by atoms with Crippen LogP contribution in [0.3, 0.4) is 0 Å². The van der Waals surface area contributed by atoms with Gasteiger partial charge in [0.15, 0.2) is 0 Å². The van der Waals surface area contributed by atoms with Gasteiger partial charge in [-0.2, -0.15) is 11.8 Å². The van der Waals surface area contributed by atoms with Crippen molar-refractivity contribution in [1.82, 2.24) is 10.2 Å². The lowest BCUT2D eigenvalue weighted by atomic mass is 9.91. The van der Waals surface area contributed by atoms with Gasteiger partial charge in [-0.15, -0.1) is 0 Å². The molecule has 2 atom stereocenters. The molecule has 0 aliphatic rings. The smallest absolute Gasteiger partial charge is 0.239 e. The van der Waals surface area contributed by atoms with Gasteiger partial charge in [-0.3, -0.25) is 9.59 Å². The van der Waals surface area contributed by atoms with Crippen molar-refractivity contribution in [2.45, 2.75) is 50.6 Å². The van der Waals surface area contributed by atoms with E-state index in [-0.39, 0.29) is 23.7 Å². The van der Waals surface area contributed by atoms with Crippen LogP contribution in [0, 0.1) is 5.92 Å². The van der Waals surface area contributed by atoms with Crippen molar-refractivity contribution in [2.24, 2.45) is 17.4 Å². The van der Waals surface area contributed by atoms with Gasteiger partial charge in [0.05, 0.1) is 12.1 Å². The van der Waals surface area contributed by atoms with Gasteiger partial charge < -0.3 is 21.7 Å². The molecular weight excluding hydrogens is 601 g/mol. The van der Waals surface area contributed by atoms with E-state index in [4.69, 9.17) is 11.5 Å². The molecule has 0 radical (unpaired) electrons. The van der Waals surface area contributed by atoms with Gasteiger partial charge in [-0.05, 0) is 53.0 Å². The second-order valence-corrected chi connectivity index (χ2v) is 13.3. The zero-order valence-corrected chi connectivity index (χ0v) is 29.1. The maximum absolute atomic E-state index is 12.5. The minimum Gasteiger partial charge on any atom is -0.354 e. The van der Waals surface area contributed by atoms with Gasteiger partial charge in [0.2, 0.25) is 11.8 Å². The number of carbonyl (C=O) groups excluding carboxylic acids is 2. The van der Waals surface area contributed by atoms with E-state index in [0.717, 1.165) is 5.75 Å². The maximum Gasteiger partial charge on any atom is 0.239 e. The number of amides is 2. The van der Waals surface area contributed by atoms with Gasteiger partial charge in [0, 0.05) is 32.0 Å². The average Bonchev–Trinajstić information content (AvgIpc) is 3.10. The molecule has 2 amide bonds. The summed E-state index contributed by atoms with van der Waals surface area (Å²) in [7, 11) is 1.85. The molecule has 7 heteroatoms. The Morgan fingerprint density at radius 3 is 1.47 bits per heavy atom. The van der Waals surface area contributed by atoms with Crippen molar-refractivity contribution < 1.29 is 9.59 Å². The van der Waals surface area contributed by atoms with Crippen molar-refractivity contribution in [1.29, 1.82) is 0 Å². The molecule has 0 fully saturated rings. The largest absolute Gasteiger partial charge is 0.354 e. The van der Waals surface area contributed by atoms with Crippen molar-refractivity contribution in [3.05, 3.63) is 144 Å². The third-order valence-corrected chi connectivity index (χ3v) is 8.78. The molecule has 47 heavy (non-hydrogen) atoms. The van der Waals surface area contributed by atoms with Gasteiger partial charge in [0.25, 0.3) is 0 Å². The summed E-state index contributed by atoms with van der Waals surface area (Å²) in [4.78, 5) is 26.5. The lowest BCUT2D eigenvalue weighted by Gasteiger charge is -2.27. The maximum atomic E-state index is 12.5. The SMILES string of the molecule is CC(C)C[C@H](N)C(=O)NCC(c1ccccc1)c1ccccc1.CSCC[C@H](N)C(=O)N(C)CC(c1ccccc1)c1ccccc1. The molecule has 0 unspecified atom stereocenters. The second-order valence-electron chi connectivity index (χ2n) is 12.3. The van der Waals surface area contributed by atoms with Crippen LogP contribution >= 0.6 is 11.8 Å². The number of hydrogen-bond acceptors (Lipinski definition) is 5. The molecule has 250 valence electrons. The molecule has 5 N–H and O–H groups in total. The first kappa shape index (κ1) is 37.5. The monoisotopic (exact) mass is 652 g/mol. The van der Waals surface area contributed by atoms with E-state index < -0.39 is 12.1 Å². The number of carbonyl (C=O) groups is 2. The van der Waals surface area contributed by atoms with Gasteiger partial charge >= 0.3 is 0 Å². The number of nitrogens with one attached hydrogen (secondary N) is 1. The highest BCUT2D eigenvalue weighted by molar-refractivity contribution is 7.98. The first-order chi connectivity index (χ1) is 22.7. The van der Waals surface area contributed by atoms with Crippen LogP contribution in [0.2, 0.25) is 0 Å². The van der Waals surface area contributed by atoms with E-state index in [1.807, 2.05) is 86.1 Å². The zero-order valence-electron chi connectivity index (χ0n) is 28.3. The highest BCUT2D eigenvalue weighted by Crippen LogP contribution is 2.26. The number of benzene rings is 4. The molecule has 0 aliphatic carbocycles. The fraction of sp³-hybridized carbons (Fsp3) is 0.350. The highest BCUT2D eigenvalue weighted by Gasteiger charge is 2.23. The predicted molar refractivity (Wildman–Crippen MR) is 199 cm³/mol. The van der Waals surface area contributed by atoms with E-state index in [1.54, 1.807) is 16.7 Å². The molecule has 0 aromatic heterocycles. The fourth-order valence-corrected chi connectivity index (χ4v) is 6.03. The Bertz CT molecular complexity index is 1360. The van der Waals surface area contributed by atoms with E-state index in [9.17, 15) is 9.59 Å². The second kappa shape index (κ2) is 20.4. The molecule has 0 saturated heterocycles. The van der Waals surface area contributed by atoms with Crippen LogP contribution < -0.4 is 16.8 Å². The lowest BCUT2D eigenvalue weighted by Crippen LogP contribution is -2.43. The van der Waals surface area contributed by atoms with E-state index in [2.05, 4.69) is 67.7 Å². The summed E-state index contributed by atoms with van der Waals surface area (Å²) in [5, 5.41) is 3.02. The topological polar surface area (TPSA) is 101 Å². The quantitative estimate of drug-likeness (QED) is 0.133. The Morgan fingerprint density at radius 1 is 0.681 bits per heavy atom. The number of thioether (sulfide) groups is 1. The molecule has 0 heterocycles. The molecule has 4 rings (SSSR count). The van der Waals surface area contributed by atoms with Crippen LogP contribution in [-0.4, -0.2) is 60.9 Å². The minimum atomic E-state index is -0.442. The summed E-state index contributed by atoms with van der Waals surface area (Å²) >= 11 is 1.72. The first-order valence-corrected chi connectivity index (χ1v) is 17.8. The summed E-state index contributed by atoms with van der Waals surface area (Å²) in [6, 6.07) is 40.3. The summed E-state index contributed by atoms with van der Waals surface area (Å²) in [6.45, 7) is 5.33. The Hall–Kier alpha value is -3.91. The van der Waals surface area contributed by atoms with Gasteiger partial charge in [0.1, 0.15) is 0 Å². The van der Waals surface area contributed by atoms with Crippen molar-refractivity contribution >= 4 is 23.6 Å². The normalized spacial score (nSPS) is 12.3. The molecule has 0 saturated carbocycles. The minimum absolute atomic E-state index is 0.0147. The highest BCUT2D eigenvalue weighted by atomic mass is 32.2.